The minimum absolute atomic E-state index is 0.224. The third-order valence-electron chi connectivity index (χ3n) is 3.08. The number of benzene rings is 1. The monoisotopic (exact) mass is 282 g/mol. The Labute approximate surface area is 115 Å². The Hall–Kier alpha value is -1.99. The van der Waals surface area contributed by atoms with Crippen LogP contribution in [-0.2, 0) is 6.54 Å². The number of hydrogen-bond acceptors (Lipinski definition) is 4. The number of aromatic nitrogens is 2. The first kappa shape index (κ1) is 14.4. The van der Waals surface area contributed by atoms with Crippen molar-refractivity contribution in [1.82, 2.24) is 15.2 Å². The quantitative estimate of drug-likeness (QED) is 0.647. The van der Waals surface area contributed by atoms with E-state index in [0.29, 0.717) is 18.0 Å². The van der Waals surface area contributed by atoms with Gasteiger partial charge in [0, 0.05) is 18.2 Å². The van der Waals surface area contributed by atoms with Crippen molar-refractivity contribution in [3.8, 4) is 5.75 Å². The van der Waals surface area contributed by atoms with Gasteiger partial charge in [0.05, 0.1) is 19.3 Å². The summed E-state index contributed by atoms with van der Waals surface area (Å²) in [4.78, 5) is 0. The summed E-state index contributed by atoms with van der Waals surface area (Å²) in [6.45, 7) is 2.46. The van der Waals surface area contributed by atoms with Gasteiger partial charge in [0.15, 0.2) is 5.75 Å². The van der Waals surface area contributed by atoms with E-state index in [9.17, 15) is 8.78 Å². The van der Waals surface area contributed by atoms with Crippen LogP contribution in [0.5, 0.6) is 5.75 Å². The molecule has 0 fully saturated rings. The zero-order valence-corrected chi connectivity index (χ0v) is 11.2. The zero-order valence-electron chi connectivity index (χ0n) is 11.2. The van der Waals surface area contributed by atoms with Crippen LogP contribution in [0.4, 0.5) is 8.78 Å². The summed E-state index contributed by atoms with van der Waals surface area (Å²) >= 11 is 0. The number of methoxy groups -OCH3 is 1. The second kappa shape index (κ2) is 5.98. The first-order valence-electron chi connectivity index (χ1n) is 6.13. The minimum Gasteiger partial charge on any atom is -0.493 e. The average Bonchev–Trinajstić information content (AvgIpc) is 2.85. The van der Waals surface area contributed by atoms with Gasteiger partial charge in [-0.25, -0.2) is 14.2 Å². The van der Waals surface area contributed by atoms with Gasteiger partial charge in [-0.15, -0.1) is 0 Å². The number of rotatable bonds is 5. The van der Waals surface area contributed by atoms with E-state index in [1.54, 1.807) is 4.68 Å². The van der Waals surface area contributed by atoms with E-state index in [1.165, 1.54) is 25.4 Å². The zero-order chi connectivity index (χ0) is 14.7. The molecule has 108 valence electrons. The molecule has 2 rings (SSSR count). The normalized spacial score (nSPS) is 12.4. The Kier molecular flexibility index (Phi) is 4.31. The van der Waals surface area contributed by atoms with Crippen LogP contribution < -0.4 is 16.0 Å². The molecule has 20 heavy (non-hydrogen) atoms. The van der Waals surface area contributed by atoms with Crippen LogP contribution in [0.2, 0.25) is 0 Å². The van der Waals surface area contributed by atoms with Crippen molar-refractivity contribution in [2.45, 2.75) is 19.5 Å². The molecule has 0 saturated heterocycles. The van der Waals surface area contributed by atoms with E-state index in [4.69, 9.17) is 10.6 Å². The highest BCUT2D eigenvalue weighted by Crippen LogP contribution is 2.31. The van der Waals surface area contributed by atoms with Gasteiger partial charge in [-0.2, -0.15) is 5.10 Å². The smallest absolute Gasteiger partial charge is 0.161 e. The van der Waals surface area contributed by atoms with Crippen LogP contribution in [0.3, 0.4) is 0 Å². The van der Waals surface area contributed by atoms with E-state index in [0.717, 1.165) is 6.07 Å². The number of hydrazine groups is 1. The molecular formula is C13H16F2N4O. The van der Waals surface area contributed by atoms with Crippen LogP contribution in [0.1, 0.15) is 24.2 Å². The van der Waals surface area contributed by atoms with Gasteiger partial charge in [-0.1, -0.05) is 6.07 Å². The van der Waals surface area contributed by atoms with Gasteiger partial charge in [0.25, 0.3) is 0 Å². The molecule has 0 radical (unpaired) electrons. The molecule has 0 aliphatic heterocycles. The summed E-state index contributed by atoms with van der Waals surface area (Å²) in [6.07, 6.45) is 1.53. The number of nitrogens with zero attached hydrogens (tertiary/aromatic N) is 2. The van der Waals surface area contributed by atoms with Crippen molar-refractivity contribution < 1.29 is 13.5 Å². The number of hydrogen-bond donors (Lipinski definition) is 2. The first-order chi connectivity index (χ1) is 9.62. The number of nitrogens with two attached hydrogens (primary N) is 1. The Balaban J connectivity index is 2.54. The number of nitrogens with one attached hydrogen (secondary N) is 1. The molecule has 0 bridgehead atoms. The molecule has 7 heteroatoms. The van der Waals surface area contributed by atoms with Crippen LogP contribution in [0, 0.1) is 11.6 Å². The van der Waals surface area contributed by atoms with E-state index >= 15 is 0 Å². The lowest BCUT2D eigenvalue weighted by Crippen LogP contribution is -2.31. The highest BCUT2D eigenvalue weighted by atomic mass is 19.1. The molecular weight excluding hydrogens is 266 g/mol. The number of ether oxygens (including phenoxy) is 1. The SMILES string of the molecule is CCn1ncc(OC)c1C(NN)c1ccc(F)cc1F. The summed E-state index contributed by atoms with van der Waals surface area (Å²) < 4.78 is 33.8. The summed E-state index contributed by atoms with van der Waals surface area (Å²) in [6, 6.07) is 2.66. The third kappa shape index (κ3) is 2.50. The molecule has 1 aromatic heterocycles. The van der Waals surface area contributed by atoms with Gasteiger partial charge in [0.1, 0.15) is 17.3 Å². The molecule has 5 nitrogen and oxygen atoms in total. The maximum absolute atomic E-state index is 13.9. The van der Waals surface area contributed by atoms with Gasteiger partial charge in [-0.3, -0.25) is 10.5 Å². The Morgan fingerprint density at radius 1 is 1.45 bits per heavy atom. The highest BCUT2D eigenvalue weighted by molar-refractivity contribution is 5.37. The van der Waals surface area contributed by atoms with Crippen molar-refractivity contribution in [1.29, 1.82) is 0 Å². The second-order valence-electron chi connectivity index (χ2n) is 4.18. The summed E-state index contributed by atoms with van der Waals surface area (Å²) in [5.74, 6) is 4.71. The van der Waals surface area contributed by atoms with Crippen LogP contribution in [0.25, 0.3) is 0 Å². The molecule has 1 aromatic carbocycles. The predicted octanol–water partition coefficient (Wildman–Crippen LogP) is 1.74. The fourth-order valence-corrected chi connectivity index (χ4v) is 2.13. The van der Waals surface area contributed by atoms with Crippen LogP contribution in [0.15, 0.2) is 24.4 Å². The van der Waals surface area contributed by atoms with Crippen LogP contribution >= 0.6 is 0 Å². The molecule has 3 N–H and O–H groups in total. The molecule has 1 unspecified atom stereocenters. The maximum atomic E-state index is 13.9. The lowest BCUT2D eigenvalue weighted by atomic mass is 10.0. The van der Waals surface area contributed by atoms with Gasteiger partial charge < -0.3 is 4.74 Å². The standard InChI is InChI=1S/C13H16F2N4O/c1-3-19-13(11(20-2)7-17-19)12(18-16)9-5-4-8(14)6-10(9)15/h4-7,12,18H,3,16H2,1-2H3. The maximum Gasteiger partial charge on any atom is 0.161 e. The molecule has 0 aliphatic rings. The topological polar surface area (TPSA) is 65.1 Å². The first-order valence-corrected chi connectivity index (χ1v) is 6.13. The Morgan fingerprint density at radius 2 is 2.20 bits per heavy atom. The van der Waals surface area contributed by atoms with Crippen molar-refractivity contribution in [3.05, 3.63) is 47.3 Å². The average molecular weight is 282 g/mol. The third-order valence-corrected chi connectivity index (χ3v) is 3.08. The molecule has 1 atom stereocenters. The Morgan fingerprint density at radius 3 is 2.75 bits per heavy atom. The highest BCUT2D eigenvalue weighted by Gasteiger charge is 2.25. The van der Waals surface area contributed by atoms with Crippen molar-refractivity contribution in [2.24, 2.45) is 5.84 Å². The lowest BCUT2D eigenvalue weighted by molar-refractivity contribution is 0.397. The van der Waals surface area contributed by atoms with E-state index in [2.05, 4.69) is 10.5 Å². The van der Waals surface area contributed by atoms with Crippen LogP contribution in [-0.4, -0.2) is 16.9 Å². The van der Waals surface area contributed by atoms with Crippen molar-refractivity contribution in [2.75, 3.05) is 7.11 Å². The number of halogens is 2. The molecule has 1 heterocycles. The predicted molar refractivity (Wildman–Crippen MR) is 70.0 cm³/mol. The van der Waals surface area contributed by atoms with Crippen molar-refractivity contribution in [3.63, 3.8) is 0 Å². The molecule has 0 amide bonds. The molecule has 0 saturated carbocycles. The van der Waals surface area contributed by atoms with E-state index in [1.807, 2.05) is 6.92 Å². The molecule has 0 aliphatic carbocycles. The largest absolute Gasteiger partial charge is 0.493 e. The minimum atomic E-state index is -0.687. The fraction of sp³-hybridized carbons (Fsp3) is 0.308. The van der Waals surface area contributed by atoms with Gasteiger partial charge in [0.2, 0.25) is 0 Å². The van der Waals surface area contributed by atoms with E-state index < -0.39 is 17.7 Å². The Bertz CT molecular complexity index is 579. The molecule has 0 spiro atoms. The van der Waals surface area contributed by atoms with E-state index in [-0.39, 0.29) is 5.56 Å². The summed E-state index contributed by atoms with van der Waals surface area (Å²) in [7, 11) is 1.50. The van der Waals surface area contributed by atoms with Gasteiger partial charge >= 0.3 is 0 Å². The fourth-order valence-electron chi connectivity index (χ4n) is 2.13. The second-order valence-corrected chi connectivity index (χ2v) is 4.18. The van der Waals surface area contributed by atoms with Crippen molar-refractivity contribution >= 4 is 0 Å². The van der Waals surface area contributed by atoms with Gasteiger partial charge in [-0.05, 0) is 13.0 Å². The lowest BCUT2D eigenvalue weighted by Gasteiger charge is -2.19. The summed E-state index contributed by atoms with van der Waals surface area (Å²) in [5, 5.41) is 4.15. The number of aryl methyl sites for hydroxylation is 1. The summed E-state index contributed by atoms with van der Waals surface area (Å²) in [5.41, 5.74) is 3.34. The molecule has 2 aromatic rings.